The predicted molar refractivity (Wildman–Crippen MR) is 72.3 cm³/mol. The molecule has 1 aliphatic rings. The topological polar surface area (TPSA) is 12.0 Å². The van der Waals surface area contributed by atoms with Crippen LogP contribution in [-0.2, 0) is 0 Å². The van der Waals surface area contributed by atoms with Crippen molar-refractivity contribution in [3.63, 3.8) is 0 Å². The summed E-state index contributed by atoms with van der Waals surface area (Å²) < 4.78 is 0. The monoisotopic (exact) mass is 235 g/mol. The van der Waals surface area contributed by atoms with Gasteiger partial charge in [0.05, 0.1) is 0 Å². The number of benzene rings is 1. The van der Waals surface area contributed by atoms with Gasteiger partial charge in [0.25, 0.3) is 0 Å². The lowest BCUT2D eigenvalue weighted by molar-refractivity contribution is 0.542. The van der Waals surface area contributed by atoms with Crippen molar-refractivity contribution in [1.82, 2.24) is 5.32 Å². The van der Waals surface area contributed by atoms with E-state index in [0.29, 0.717) is 11.3 Å². The summed E-state index contributed by atoms with van der Waals surface area (Å²) in [5.41, 5.74) is 4.42. The number of hydrogen-bond donors (Lipinski definition) is 1. The average Bonchev–Trinajstić information content (AvgIpc) is 2.64. The molecule has 0 amide bonds. The first-order chi connectivity index (χ1) is 7.69. The molecule has 0 saturated heterocycles. The van der Waals surface area contributed by atoms with Crippen LogP contribution in [0.4, 0.5) is 0 Å². The summed E-state index contributed by atoms with van der Waals surface area (Å²) in [7, 11) is 2.09. The number of hydrogen-bond acceptors (Lipinski definition) is 2. The Labute approximate surface area is 103 Å². The number of thioether (sulfide) groups is 1. The molecule has 1 N–H and O–H groups in total. The van der Waals surface area contributed by atoms with Gasteiger partial charge >= 0.3 is 0 Å². The summed E-state index contributed by atoms with van der Waals surface area (Å²) >= 11 is 2.07. The van der Waals surface area contributed by atoms with E-state index < -0.39 is 0 Å². The highest BCUT2D eigenvalue weighted by atomic mass is 32.2. The van der Waals surface area contributed by atoms with Crippen LogP contribution in [0, 0.1) is 13.8 Å². The van der Waals surface area contributed by atoms with Gasteiger partial charge in [0.1, 0.15) is 0 Å². The number of fused-ring (bicyclic) bond motifs is 1. The highest BCUT2D eigenvalue weighted by Gasteiger charge is 2.33. The largest absolute Gasteiger partial charge is 0.312 e. The van der Waals surface area contributed by atoms with Crippen molar-refractivity contribution in [3.8, 4) is 0 Å². The molecule has 1 aromatic carbocycles. The normalized spacial score (nSPS) is 23.5. The third-order valence-electron chi connectivity index (χ3n) is 3.45. The molecule has 0 spiro atoms. The molecule has 0 saturated carbocycles. The van der Waals surface area contributed by atoms with Gasteiger partial charge in [-0.2, -0.15) is 0 Å². The van der Waals surface area contributed by atoms with Crippen molar-refractivity contribution in [2.24, 2.45) is 0 Å². The lowest BCUT2D eigenvalue weighted by Crippen LogP contribution is -2.24. The van der Waals surface area contributed by atoms with E-state index in [-0.39, 0.29) is 0 Å². The van der Waals surface area contributed by atoms with Crippen LogP contribution < -0.4 is 5.32 Å². The van der Waals surface area contributed by atoms with Gasteiger partial charge in [-0.3, -0.25) is 0 Å². The maximum absolute atomic E-state index is 3.50. The van der Waals surface area contributed by atoms with Crippen LogP contribution in [-0.4, -0.2) is 12.3 Å². The zero-order valence-electron chi connectivity index (χ0n) is 10.6. The van der Waals surface area contributed by atoms with Gasteiger partial charge < -0.3 is 5.32 Å². The lowest BCUT2D eigenvalue weighted by Gasteiger charge is -2.19. The second-order valence-corrected chi connectivity index (χ2v) is 5.90. The molecule has 16 heavy (non-hydrogen) atoms. The SMILES string of the molecule is CCCC1Sc2c(C)ccc(C)c2C1NC. The molecule has 2 atom stereocenters. The Hall–Kier alpha value is -0.470. The molecule has 2 rings (SSSR count). The van der Waals surface area contributed by atoms with E-state index in [1.165, 1.54) is 28.9 Å². The van der Waals surface area contributed by atoms with Crippen molar-refractivity contribution < 1.29 is 0 Å². The fourth-order valence-electron chi connectivity index (χ4n) is 2.60. The van der Waals surface area contributed by atoms with E-state index in [2.05, 4.69) is 57.0 Å². The molecule has 2 heteroatoms. The van der Waals surface area contributed by atoms with E-state index in [1.54, 1.807) is 5.56 Å². The summed E-state index contributed by atoms with van der Waals surface area (Å²) in [6.45, 7) is 6.74. The Morgan fingerprint density at radius 2 is 1.94 bits per heavy atom. The van der Waals surface area contributed by atoms with Gasteiger partial charge in [0, 0.05) is 16.2 Å². The highest BCUT2D eigenvalue weighted by Crippen LogP contribution is 2.48. The molecular weight excluding hydrogens is 214 g/mol. The fraction of sp³-hybridized carbons (Fsp3) is 0.571. The molecule has 0 bridgehead atoms. The predicted octanol–water partition coefficient (Wildman–Crippen LogP) is 3.84. The summed E-state index contributed by atoms with van der Waals surface area (Å²) in [5.74, 6) is 0. The van der Waals surface area contributed by atoms with Crippen molar-refractivity contribution >= 4 is 11.8 Å². The number of nitrogens with one attached hydrogen (secondary N) is 1. The first kappa shape index (κ1) is 12.0. The Morgan fingerprint density at radius 3 is 2.56 bits per heavy atom. The minimum absolute atomic E-state index is 0.542. The molecular formula is C14H21NS. The molecule has 0 aliphatic carbocycles. The molecule has 1 nitrogen and oxygen atoms in total. The highest BCUT2D eigenvalue weighted by molar-refractivity contribution is 8.00. The average molecular weight is 235 g/mol. The van der Waals surface area contributed by atoms with Crippen LogP contribution in [0.2, 0.25) is 0 Å². The first-order valence-electron chi connectivity index (χ1n) is 6.13. The minimum atomic E-state index is 0.542. The molecule has 1 heterocycles. The maximum atomic E-state index is 3.50. The quantitative estimate of drug-likeness (QED) is 0.854. The van der Waals surface area contributed by atoms with Crippen LogP contribution in [0.5, 0.6) is 0 Å². The molecule has 1 aliphatic heterocycles. The standard InChI is InChI=1S/C14H21NS/c1-5-6-11-13(15-4)12-9(2)7-8-10(3)14(12)16-11/h7-8,11,13,15H,5-6H2,1-4H3. The fourth-order valence-corrected chi connectivity index (χ4v) is 4.33. The smallest absolute Gasteiger partial charge is 0.0455 e. The Bertz CT molecular complexity index is 387. The van der Waals surface area contributed by atoms with E-state index >= 15 is 0 Å². The van der Waals surface area contributed by atoms with Crippen LogP contribution >= 0.6 is 11.8 Å². The van der Waals surface area contributed by atoms with E-state index in [1.807, 2.05) is 0 Å². The number of aryl methyl sites for hydroxylation is 2. The second-order valence-electron chi connectivity index (χ2n) is 4.65. The summed E-state index contributed by atoms with van der Waals surface area (Å²) in [5, 5.41) is 4.22. The Morgan fingerprint density at radius 1 is 1.25 bits per heavy atom. The molecule has 1 aromatic rings. The van der Waals surface area contributed by atoms with Crippen molar-refractivity contribution in [2.75, 3.05) is 7.05 Å². The van der Waals surface area contributed by atoms with Gasteiger partial charge in [-0.1, -0.05) is 25.5 Å². The van der Waals surface area contributed by atoms with Crippen molar-refractivity contribution in [1.29, 1.82) is 0 Å². The van der Waals surface area contributed by atoms with Crippen LogP contribution in [0.25, 0.3) is 0 Å². The Kier molecular flexibility index (Phi) is 3.60. The van der Waals surface area contributed by atoms with Crippen LogP contribution in [0.15, 0.2) is 17.0 Å². The molecule has 88 valence electrons. The molecule has 0 aromatic heterocycles. The van der Waals surface area contributed by atoms with Gasteiger partial charge in [0.2, 0.25) is 0 Å². The first-order valence-corrected chi connectivity index (χ1v) is 7.01. The molecule has 2 unspecified atom stereocenters. The minimum Gasteiger partial charge on any atom is -0.312 e. The summed E-state index contributed by atoms with van der Waals surface area (Å²) in [6, 6.07) is 5.05. The van der Waals surface area contributed by atoms with E-state index in [0.717, 1.165) is 0 Å². The molecule has 0 radical (unpaired) electrons. The van der Waals surface area contributed by atoms with Gasteiger partial charge in [-0.15, -0.1) is 11.8 Å². The zero-order chi connectivity index (χ0) is 11.7. The van der Waals surface area contributed by atoms with Crippen LogP contribution in [0.1, 0.15) is 42.5 Å². The van der Waals surface area contributed by atoms with Gasteiger partial charge in [-0.25, -0.2) is 0 Å². The third kappa shape index (κ3) is 1.89. The molecule has 0 fully saturated rings. The maximum Gasteiger partial charge on any atom is 0.0455 e. The number of rotatable bonds is 3. The second kappa shape index (κ2) is 4.80. The Balaban J connectivity index is 2.42. The van der Waals surface area contributed by atoms with Gasteiger partial charge in [0.15, 0.2) is 0 Å². The lowest BCUT2D eigenvalue weighted by atomic mass is 9.95. The summed E-state index contributed by atoms with van der Waals surface area (Å²) in [4.78, 5) is 1.53. The summed E-state index contributed by atoms with van der Waals surface area (Å²) in [6.07, 6.45) is 2.56. The van der Waals surface area contributed by atoms with E-state index in [9.17, 15) is 0 Å². The zero-order valence-corrected chi connectivity index (χ0v) is 11.4. The van der Waals surface area contributed by atoms with Crippen molar-refractivity contribution in [2.45, 2.75) is 49.8 Å². The third-order valence-corrected chi connectivity index (χ3v) is 5.04. The van der Waals surface area contributed by atoms with E-state index in [4.69, 9.17) is 0 Å². The van der Waals surface area contributed by atoms with Crippen LogP contribution in [0.3, 0.4) is 0 Å². The van der Waals surface area contributed by atoms with Gasteiger partial charge in [-0.05, 0) is 44.0 Å². The van der Waals surface area contributed by atoms with Crippen molar-refractivity contribution in [3.05, 3.63) is 28.8 Å².